The fraction of sp³-hybridized carbons (Fsp3) is 0.0556. The summed E-state index contributed by atoms with van der Waals surface area (Å²) < 4.78 is 51.0. The van der Waals surface area contributed by atoms with Gasteiger partial charge in [0.25, 0.3) is 5.91 Å². The topological polar surface area (TPSA) is 66.9 Å². The van der Waals surface area contributed by atoms with Gasteiger partial charge in [-0.3, -0.25) is 4.79 Å². The highest BCUT2D eigenvalue weighted by Gasteiger charge is 2.30. The number of nitrogens with one attached hydrogen (secondary N) is 2. The van der Waals surface area contributed by atoms with E-state index < -0.39 is 23.5 Å². The number of alkyl halides is 3. The van der Waals surface area contributed by atoms with Crippen molar-refractivity contribution in [1.29, 1.82) is 0 Å². The van der Waals surface area contributed by atoms with Crippen LogP contribution in [0.25, 0.3) is 0 Å². The van der Waals surface area contributed by atoms with Crippen LogP contribution in [-0.4, -0.2) is 16.1 Å². The number of carbonyl (C=O) groups is 1. The van der Waals surface area contributed by atoms with Crippen LogP contribution in [0.2, 0.25) is 0 Å². The number of benzene rings is 2. The molecular weight excluding hydrogens is 364 g/mol. The number of nitrogens with zero attached hydrogens (tertiary/aromatic N) is 2. The number of amides is 1. The number of rotatable bonds is 4. The van der Waals surface area contributed by atoms with E-state index in [0.717, 1.165) is 12.1 Å². The molecule has 0 atom stereocenters. The lowest BCUT2D eigenvalue weighted by Gasteiger charge is -2.10. The van der Waals surface area contributed by atoms with Gasteiger partial charge in [-0.15, -0.1) is 10.2 Å². The third-order valence-electron chi connectivity index (χ3n) is 3.46. The summed E-state index contributed by atoms with van der Waals surface area (Å²) in [5.74, 6) is -0.815. The number of hydrogen-bond donors (Lipinski definition) is 2. The average molecular weight is 376 g/mol. The summed E-state index contributed by atoms with van der Waals surface area (Å²) in [5.41, 5.74) is -0.235. The Kier molecular flexibility index (Phi) is 5.02. The highest BCUT2D eigenvalue weighted by Crippen LogP contribution is 2.31. The maximum absolute atomic E-state index is 12.9. The van der Waals surface area contributed by atoms with Crippen LogP contribution in [0, 0.1) is 5.82 Å². The van der Waals surface area contributed by atoms with Crippen molar-refractivity contribution in [2.24, 2.45) is 0 Å². The second-order valence-electron chi connectivity index (χ2n) is 5.47. The molecule has 0 radical (unpaired) electrons. The summed E-state index contributed by atoms with van der Waals surface area (Å²) in [5, 5.41) is 12.7. The van der Waals surface area contributed by atoms with Crippen LogP contribution in [0.1, 0.15) is 16.1 Å². The molecular formula is C18H12F4N4O. The fourth-order valence-electron chi connectivity index (χ4n) is 2.17. The van der Waals surface area contributed by atoms with Gasteiger partial charge >= 0.3 is 6.18 Å². The zero-order valence-electron chi connectivity index (χ0n) is 13.6. The minimum absolute atomic E-state index is 0.00563. The summed E-state index contributed by atoms with van der Waals surface area (Å²) in [6, 6.07) is 12.6. The molecule has 138 valence electrons. The normalized spacial score (nSPS) is 11.1. The Bertz CT molecular complexity index is 941. The maximum Gasteiger partial charge on any atom is 0.416 e. The molecule has 27 heavy (non-hydrogen) atoms. The molecule has 2 aromatic carbocycles. The van der Waals surface area contributed by atoms with Gasteiger partial charge in [0.1, 0.15) is 5.82 Å². The van der Waals surface area contributed by atoms with E-state index in [4.69, 9.17) is 0 Å². The summed E-state index contributed by atoms with van der Waals surface area (Å²) in [6.07, 6.45) is -4.45. The first-order chi connectivity index (χ1) is 12.8. The molecule has 0 spiro atoms. The number of hydrogen-bond acceptors (Lipinski definition) is 4. The fourth-order valence-corrected chi connectivity index (χ4v) is 2.17. The highest BCUT2D eigenvalue weighted by atomic mass is 19.4. The van der Waals surface area contributed by atoms with Crippen molar-refractivity contribution in [1.82, 2.24) is 10.2 Å². The van der Waals surface area contributed by atoms with Crippen LogP contribution in [-0.2, 0) is 6.18 Å². The molecule has 1 aromatic heterocycles. The highest BCUT2D eigenvalue weighted by molar-refractivity contribution is 6.02. The first-order valence-electron chi connectivity index (χ1n) is 7.66. The number of carbonyl (C=O) groups excluding carboxylic acids is 1. The molecule has 2 N–H and O–H groups in total. The molecule has 0 aliphatic heterocycles. The predicted molar refractivity (Wildman–Crippen MR) is 91.1 cm³/mol. The summed E-state index contributed by atoms with van der Waals surface area (Å²) in [4.78, 5) is 12.1. The van der Waals surface area contributed by atoms with Gasteiger partial charge in [0.2, 0.25) is 0 Å². The largest absolute Gasteiger partial charge is 0.416 e. The second kappa shape index (κ2) is 7.40. The van der Waals surface area contributed by atoms with Crippen LogP contribution in [0.5, 0.6) is 0 Å². The Morgan fingerprint density at radius 3 is 2.26 bits per heavy atom. The van der Waals surface area contributed by atoms with Crippen molar-refractivity contribution in [3.05, 3.63) is 77.7 Å². The van der Waals surface area contributed by atoms with Gasteiger partial charge in [0.15, 0.2) is 11.5 Å². The van der Waals surface area contributed by atoms with E-state index in [1.807, 2.05) is 0 Å². The van der Waals surface area contributed by atoms with Crippen molar-refractivity contribution in [3.63, 3.8) is 0 Å². The lowest BCUT2D eigenvalue weighted by molar-refractivity contribution is -0.137. The molecule has 3 aromatic rings. The molecule has 0 bridgehead atoms. The molecule has 0 aliphatic rings. The van der Waals surface area contributed by atoms with Crippen LogP contribution >= 0.6 is 0 Å². The summed E-state index contributed by atoms with van der Waals surface area (Å²) in [7, 11) is 0. The third kappa shape index (κ3) is 4.78. The lowest BCUT2D eigenvalue weighted by atomic mass is 10.2. The average Bonchev–Trinajstić information content (AvgIpc) is 2.64. The molecule has 0 saturated carbocycles. The van der Waals surface area contributed by atoms with Crippen LogP contribution in [0.4, 0.5) is 34.8 Å². The quantitative estimate of drug-likeness (QED) is 0.652. The molecule has 9 heteroatoms. The maximum atomic E-state index is 12.9. The number of halogens is 4. The van der Waals surface area contributed by atoms with E-state index in [-0.39, 0.29) is 17.2 Å². The SMILES string of the molecule is O=C(Nc1ccc(F)cc1)c1ccc(Nc2cccc(C(F)(F)F)c2)nn1. The minimum Gasteiger partial charge on any atom is -0.339 e. The van der Waals surface area contributed by atoms with Crippen LogP contribution in [0.15, 0.2) is 60.7 Å². The standard InChI is InChI=1S/C18H12F4N4O/c19-12-4-6-13(7-5-12)24-17(27)15-8-9-16(26-25-15)23-14-3-1-2-11(10-14)18(20,21)22/h1-10H,(H,23,26)(H,24,27). The van der Waals surface area contributed by atoms with Crippen LogP contribution < -0.4 is 10.6 Å². The van der Waals surface area contributed by atoms with E-state index in [2.05, 4.69) is 20.8 Å². The predicted octanol–water partition coefficient (Wildman–Crippen LogP) is 4.63. The second-order valence-corrected chi connectivity index (χ2v) is 5.47. The molecule has 1 heterocycles. The Morgan fingerprint density at radius 1 is 0.889 bits per heavy atom. The van der Waals surface area contributed by atoms with Gasteiger partial charge in [0, 0.05) is 11.4 Å². The summed E-state index contributed by atoms with van der Waals surface area (Å²) in [6.45, 7) is 0. The van der Waals surface area contributed by atoms with Crippen molar-refractivity contribution < 1.29 is 22.4 Å². The lowest BCUT2D eigenvalue weighted by Crippen LogP contribution is -2.14. The molecule has 5 nitrogen and oxygen atoms in total. The number of aromatic nitrogens is 2. The van der Waals surface area contributed by atoms with Crippen molar-refractivity contribution >= 4 is 23.1 Å². The third-order valence-corrected chi connectivity index (χ3v) is 3.46. The smallest absolute Gasteiger partial charge is 0.339 e. The molecule has 0 aliphatic carbocycles. The van der Waals surface area contributed by atoms with Gasteiger partial charge in [-0.1, -0.05) is 6.07 Å². The van der Waals surface area contributed by atoms with E-state index in [9.17, 15) is 22.4 Å². The van der Waals surface area contributed by atoms with Gasteiger partial charge in [-0.05, 0) is 54.6 Å². The zero-order valence-corrected chi connectivity index (χ0v) is 13.6. The number of anilines is 3. The zero-order chi connectivity index (χ0) is 19.4. The van der Waals surface area contributed by atoms with Gasteiger partial charge in [-0.25, -0.2) is 4.39 Å². The van der Waals surface area contributed by atoms with Gasteiger partial charge in [-0.2, -0.15) is 13.2 Å². The molecule has 3 rings (SSSR count). The van der Waals surface area contributed by atoms with Crippen LogP contribution in [0.3, 0.4) is 0 Å². The Hall–Kier alpha value is -3.49. The Morgan fingerprint density at radius 2 is 1.63 bits per heavy atom. The van der Waals surface area contributed by atoms with E-state index >= 15 is 0 Å². The van der Waals surface area contributed by atoms with E-state index in [1.165, 1.54) is 48.5 Å². The molecule has 0 saturated heterocycles. The Labute approximate surface area is 151 Å². The summed E-state index contributed by atoms with van der Waals surface area (Å²) >= 11 is 0. The monoisotopic (exact) mass is 376 g/mol. The van der Waals surface area contributed by atoms with E-state index in [0.29, 0.717) is 5.69 Å². The minimum atomic E-state index is -4.45. The Balaban J connectivity index is 1.68. The van der Waals surface area contributed by atoms with Crippen molar-refractivity contribution in [3.8, 4) is 0 Å². The molecule has 0 unspecified atom stereocenters. The van der Waals surface area contributed by atoms with E-state index in [1.54, 1.807) is 0 Å². The first kappa shape index (κ1) is 18.3. The van der Waals surface area contributed by atoms with Crippen molar-refractivity contribution in [2.75, 3.05) is 10.6 Å². The molecule has 1 amide bonds. The molecule has 0 fully saturated rings. The van der Waals surface area contributed by atoms with Gasteiger partial charge in [0.05, 0.1) is 5.56 Å². The van der Waals surface area contributed by atoms with Gasteiger partial charge < -0.3 is 10.6 Å². The van der Waals surface area contributed by atoms with Crippen molar-refractivity contribution in [2.45, 2.75) is 6.18 Å². The first-order valence-corrected chi connectivity index (χ1v) is 7.66.